The third-order valence-electron chi connectivity index (χ3n) is 10.2. The molecule has 3 aromatic carbocycles. The molecule has 1 heterocycles. The molecule has 3 aliphatic rings. The molecule has 51 heavy (non-hydrogen) atoms. The molecule has 0 radical (unpaired) electrons. The van der Waals surface area contributed by atoms with Gasteiger partial charge in [-0.15, -0.1) is 6.58 Å². The molecule has 0 spiro atoms. The lowest BCUT2D eigenvalue weighted by Crippen LogP contribution is -2.45. The Labute approximate surface area is 301 Å². The van der Waals surface area contributed by atoms with Crippen LogP contribution in [-0.2, 0) is 29.0 Å². The van der Waals surface area contributed by atoms with Crippen LogP contribution in [0.2, 0.25) is 0 Å². The van der Waals surface area contributed by atoms with Crippen LogP contribution in [0.5, 0.6) is 11.5 Å². The quantitative estimate of drug-likeness (QED) is 0.190. The van der Waals surface area contributed by atoms with Crippen molar-refractivity contribution in [3.05, 3.63) is 130 Å². The lowest BCUT2D eigenvalue weighted by molar-refractivity contribution is -0.119. The summed E-state index contributed by atoms with van der Waals surface area (Å²) in [6.45, 7) is 15.9. The number of hydrogen-bond acceptors (Lipinski definition) is 6. The Morgan fingerprint density at radius 1 is 0.863 bits per heavy atom. The van der Waals surface area contributed by atoms with Gasteiger partial charge in [-0.3, -0.25) is 9.59 Å². The highest BCUT2D eigenvalue weighted by molar-refractivity contribution is 6.07. The van der Waals surface area contributed by atoms with E-state index in [1.54, 1.807) is 24.3 Å². The van der Waals surface area contributed by atoms with E-state index in [0.29, 0.717) is 43.9 Å². The second kappa shape index (κ2) is 14.4. The van der Waals surface area contributed by atoms with Crippen molar-refractivity contribution in [3.8, 4) is 11.5 Å². The first-order valence-corrected chi connectivity index (χ1v) is 18.0. The molecule has 0 saturated carbocycles. The maximum absolute atomic E-state index is 14.4. The Morgan fingerprint density at radius 2 is 1.47 bits per heavy atom. The van der Waals surface area contributed by atoms with E-state index in [-0.39, 0.29) is 34.6 Å². The Hall–Kier alpha value is -4.91. The maximum atomic E-state index is 14.4. The van der Waals surface area contributed by atoms with Crippen molar-refractivity contribution in [3.63, 3.8) is 0 Å². The van der Waals surface area contributed by atoms with Gasteiger partial charge in [0.25, 0.3) is 0 Å². The first kappa shape index (κ1) is 35.9. The molecule has 7 nitrogen and oxygen atoms in total. The van der Waals surface area contributed by atoms with Gasteiger partial charge in [0.15, 0.2) is 23.1 Å². The minimum atomic E-state index is -0.983. The summed E-state index contributed by atoms with van der Waals surface area (Å²) in [4.78, 5) is 42.6. The zero-order valence-electron chi connectivity index (χ0n) is 30.5. The molecule has 0 amide bonds. The van der Waals surface area contributed by atoms with Gasteiger partial charge in [-0.25, -0.2) is 4.79 Å². The summed E-state index contributed by atoms with van der Waals surface area (Å²) >= 11 is 0. The van der Waals surface area contributed by atoms with E-state index in [9.17, 15) is 19.5 Å². The first-order chi connectivity index (χ1) is 24.3. The number of carboxylic acid groups (broad SMARTS) is 1. The molecule has 6 rings (SSSR count). The molecule has 2 aliphatic carbocycles. The van der Waals surface area contributed by atoms with E-state index in [1.165, 1.54) is 5.56 Å². The lowest BCUT2D eigenvalue weighted by atomic mass is 9.63. The summed E-state index contributed by atoms with van der Waals surface area (Å²) in [7, 11) is 0. The number of allylic oxidation sites excluding steroid dienone is 5. The highest BCUT2D eigenvalue weighted by atomic mass is 16.5. The summed E-state index contributed by atoms with van der Waals surface area (Å²) < 4.78 is 12.7. The summed E-state index contributed by atoms with van der Waals surface area (Å²) in [6.07, 6.45) is 5.40. The minimum Gasteiger partial charge on any atom is -0.490 e. The standard InChI is InChI=1S/C44H49NO6/c1-7-12-31-21-32(22-37(50-8-2)41(31)51-27-29-15-17-30(18-16-29)42(48)49)38-39-33(23-43(3,4)25-35(39)46)45(20-19-28-13-10-9-11-14-28)34-24-44(5,6)26-36(47)40(34)38/h7,9-11,13-18,21-22,38H,1,8,12,19-20,23-27H2,2-6H3,(H,48,49). The van der Waals surface area contributed by atoms with Crippen LogP contribution in [0.1, 0.15) is 98.8 Å². The van der Waals surface area contributed by atoms with E-state index >= 15 is 0 Å². The van der Waals surface area contributed by atoms with Gasteiger partial charge in [-0.1, -0.05) is 82.3 Å². The summed E-state index contributed by atoms with van der Waals surface area (Å²) in [5, 5.41) is 9.32. The van der Waals surface area contributed by atoms with Crippen molar-refractivity contribution in [2.24, 2.45) is 10.8 Å². The molecule has 7 heteroatoms. The SMILES string of the molecule is C=CCc1cc(C2C3=C(CC(C)(C)CC3=O)N(CCc3ccccc3)C3=C2C(=O)CC(C)(C)C3)cc(OCC)c1OCc1ccc(C(=O)O)cc1. The van der Waals surface area contributed by atoms with Gasteiger partial charge >= 0.3 is 5.97 Å². The van der Waals surface area contributed by atoms with Gasteiger partial charge in [-0.05, 0) is 78.3 Å². The molecule has 3 aromatic rings. The lowest BCUT2D eigenvalue weighted by Gasteiger charge is -2.49. The van der Waals surface area contributed by atoms with Gasteiger partial charge in [0.05, 0.1) is 12.2 Å². The average Bonchev–Trinajstić information content (AvgIpc) is 3.06. The van der Waals surface area contributed by atoms with Crippen molar-refractivity contribution in [2.45, 2.75) is 85.7 Å². The number of ketones is 2. The second-order valence-corrected chi connectivity index (χ2v) is 15.6. The number of aromatic carboxylic acids is 1. The van der Waals surface area contributed by atoms with Crippen molar-refractivity contribution >= 4 is 17.5 Å². The highest BCUT2D eigenvalue weighted by Gasteiger charge is 2.49. The Kier molecular flexibility index (Phi) is 10.1. The largest absolute Gasteiger partial charge is 0.490 e. The Morgan fingerprint density at radius 3 is 2.02 bits per heavy atom. The van der Waals surface area contributed by atoms with Crippen LogP contribution in [0.15, 0.2) is 102 Å². The number of Topliss-reactive ketones (excluding diaryl/α,β-unsaturated/α-hetero) is 2. The molecule has 0 fully saturated rings. The predicted octanol–water partition coefficient (Wildman–Crippen LogP) is 9.02. The van der Waals surface area contributed by atoms with Crippen molar-refractivity contribution in [2.75, 3.05) is 13.2 Å². The normalized spacial score (nSPS) is 18.3. The molecule has 0 bridgehead atoms. The topological polar surface area (TPSA) is 93.1 Å². The van der Waals surface area contributed by atoms with Crippen LogP contribution in [-0.4, -0.2) is 40.7 Å². The number of carbonyl (C=O) groups is 3. The number of hydrogen-bond donors (Lipinski definition) is 1. The smallest absolute Gasteiger partial charge is 0.335 e. The van der Waals surface area contributed by atoms with Crippen LogP contribution in [0, 0.1) is 10.8 Å². The van der Waals surface area contributed by atoms with Crippen LogP contribution < -0.4 is 9.47 Å². The molecule has 266 valence electrons. The molecule has 1 aliphatic heterocycles. The van der Waals surface area contributed by atoms with Crippen molar-refractivity contribution in [1.29, 1.82) is 0 Å². The van der Waals surface area contributed by atoms with E-state index in [0.717, 1.165) is 58.5 Å². The molecule has 0 saturated heterocycles. The number of carboxylic acids is 1. The maximum Gasteiger partial charge on any atom is 0.335 e. The molecular formula is C44H49NO6. The number of benzene rings is 3. The minimum absolute atomic E-state index is 0.0912. The van der Waals surface area contributed by atoms with Gasteiger partial charge < -0.3 is 19.5 Å². The fraction of sp³-hybridized carbons (Fsp3) is 0.386. The fourth-order valence-electron chi connectivity index (χ4n) is 8.02. The average molecular weight is 688 g/mol. The van der Waals surface area contributed by atoms with Gasteiger partial charge in [0.2, 0.25) is 0 Å². The number of carbonyl (C=O) groups excluding carboxylic acids is 2. The number of nitrogens with zero attached hydrogens (tertiary/aromatic N) is 1. The van der Waals surface area contributed by atoms with Crippen LogP contribution >= 0.6 is 0 Å². The van der Waals surface area contributed by atoms with Gasteiger partial charge in [0, 0.05) is 53.4 Å². The Balaban J connectivity index is 1.49. The van der Waals surface area contributed by atoms with E-state index in [2.05, 4.69) is 69.5 Å². The fourth-order valence-corrected chi connectivity index (χ4v) is 8.02. The van der Waals surface area contributed by atoms with E-state index < -0.39 is 11.9 Å². The zero-order chi connectivity index (χ0) is 36.5. The highest BCUT2D eigenvalue weighted by Crippen LogP contribution is 2.55. The summed E-state index contributed by atoms with van der Waals surface area (Å²) in [6, 6.07) is 21.0. The number of ether oxygens (including phenoxy) is 2. The Bertz CT molecular complexity index is 1860. The van der Waals surface area contributed by atoms with Gasteiger partial charge in [0.1, 0.15) is 6.61 Å². The molecular weight excluding hydrogens is 638 g/mol. The zero-order valence-corrected chi connectivity index (χ0v) is 30.5. The van der Waals surface area contributed by atoms with E-state index in [1.807, 2.05) is 25.1 Å². The third kappa shape index (κ3) is 7.58. The van der Waals surface area contributed by atoms with Crippen LogP contribution in [0.3, 0.4) is 0 Å². The van der Waals surface area contributed by atoms with Crippen molar-refractivity contribution in [1.82, 2.24) is 4.90 Å². The third-order valence-corrected chi connectivity index (χ3v) is 10.2. The molecule has 0 aromatic heterocycles. The second-order valence-electron chi connectivity index (χ2n) is 15.6. The molecule has 0 unspecified atom stereocenters. The van der Waals surface area contributed by atoms with E-state index in [4.69, 9.17) is 9.47 Å². The number of rotatable bonds is 12. The summed E-state index contributed by atoms with van der Waals surface area (Å²) in [5.41, 5.74) is 7.02. The van der Waals surface area contributed by atoms with Crippen LogP contribution in [0.4, 0.5) is 0 Å². The first-order valence-electron chi connectivity index (χ1n) is 18.0. The monoisotopic (exact) mass is 687 g/mol. The van der Waals surface area contributed by atoms with Gasteiger partial charge in [-0.2, -0.15) is 0 Å². The van der Waals surface area contributed by atoms with Crippen LogP contribution in [0.25, 0.3) is 0 Å². The molecule has 1 N–H and O–H groups in total. The predicted molar refractivity (Wildman–Crippen MR) is 199 cm³/mol. The summed E-state index contributed by atoms with van der Waals surface area (Å²) in [5.74, 6) is -0.211. The molecule has 0 atom stereocenters. The van der Waals surface area contributed by atoms with Crippen molar-refractivity contribution < 1.29 is 29.0 Å².